The fraction of sp³-hybridized carbons (Fsp3) is 0.640. The number of unbranched alkanes of at least 4 members (excludes halogenated alkanes) is 2. The summed E-state index contributed by atoms with van der Waals surface area (Å²) >= 11 is 0. The van der Waals surface area contributed by atoms with Crippen LogP contribution in [0.2, 0.25) is 0 Å². The van der Waals surface area contributed by atoms with Crippen LogP contribution < -0.4 is 4.74 Å². The number of benzene rings is 1. The molecular formula is C25H34O3. The van der Waals surface area contributed by atoms with Gasteiger partial charge >= 0.3 is 0 Å². The van der Waals surface area contributed by atoms with E-state index in [1.165, 1.54) is 41.4 Å². The van der Waals surface area contributed by atoms with Crippen molar-refractivity contribution in [3.8, 4) is 5.75 Å². The second-order valence-corrected chi connectivity index (χ2v) is 9.45. The third-order valence-corrected chi connectivity index (χ3v) is 8.00. The zero-order chi connectivity index (χ0) is 19.9. The van der Waals surface area contributed by atoms with Crippen LogP contribution >= 0.6 is 0 Å². The number of methoxy groups -OCH3 is 1. The number of aldehydes is 1. The lowest BCUT2D eigenvalue weighted by Gasteiger charge is -2.53. The van der Waals surface area contributed by atoms with Crippen molar-refractivity contribution in [2.75, 3.05) is 7.11 Å². The van der Waals surface area contributed by atoms with Gasteiger partial charge in [0.1, 0.15) is 12.0 Å². The van der Waals surface area contributed by atoms with Crippen LogP contribution in [0.4, 0.5) is 0 Å². The summed E-state index contributed by atoms with van der Waals surface area (Å²) in [5.74, 6) is 1.13. The van der Waals surface area contributed by atoms with E-state index in [-0.39, 0.29) is 17.4 Å². The monoisotopic (exact) mass is 382 g/mol. The Hall–Kier alpha value is -1.61. The van der Waals surface area contributed by atoms with Crippen LogP contribution in [-0.4, -0.2) is 24.6 Å². The number of fused-ring (bicyclic) bond motifs is 5. The van der Waals surface area contributed by atoms with Crippen molar-refractivity contribution in [1.82, 2.24) is 0 Å². The minimum absolute atomic E-state index is 0.171. The molecule has 0 bridgehead atoms. The van der Waals surface area contributed by atoms with Crippen molar-refractivity contribution < 1.29 is 14.6 Å². The molecule has 1 aromatic carbocycles. The first-order valence-corrected chi connectivity index (χ1v) is 11.0. The highest BCUT2D eigenvalue weighted by atomic mass is 16.5. The number of aryl methyl sites for hydroxylation is 1. The number of ether oxygens (including phenoxy) is 1. The van der Waals surface area contributed by atoms with E-state index >= 15 is 0 Å². The number of carbonyl (C=O) groups excluding carboxylic acids is 1. The Bertz CT molecular complexity index is 795. The maximum atomic E-state index is 12.8. The van der Waals surface area contributed by atoms with Gasteiger partial charge in [-0.05, 0) is 79.7 Å². The Labute approximate surface area is 169 Å². The molecule has 3 aliphatic rings. The summed E-state index contributed by atoms with van der Waals surface area (Å²) in [6.07, 6.45) is 10.0. The highest BCUT2D eigenvalue weighted by Gasteiger charge is 2.60. The predicted molar refractivity (Wildman–Crippen MR) is 112 cm³/mol. The molecule has 3 heteroatoms. The minimum Gasteiger partial charge on any atom is -0.497 e. The first kappa shape index (κ1) is 19.7. The van der Waals surface area contributed by atoms with Crippen LogP contribution in [-0.2, 0) is 11.2 Å². The van der Waals surface area contributed by atoms with E-state index in [0.29, 0.717) is 0 Å². The Morgan fingerprint density at radius 3 is 2.82 bits per heavy atom. The quantitative estimate of drug-likeness (QED) is 0.533. The fourth-order valence-electron chi connectivity index (χ4n) is 6.59. The predicted octanol–water partition coefficient (Wildman–Crippen LogP) is 5.34. The van der Waals surface area contributed by atoms with E-state index < -0.39 is 5.41 Å². The topological polar surface area (TPSA) is 46.5 Å². The zero-order valence-electron chi connectivity index (χ0n) is 17.6. The van der Waals surface area contributed by atoms with Crippen molar-refractivity contribution in [3.05, 3.63) is 34.9 Å². The van der Waals surface area contributed by atoms with Crippen molar-refractivity contribution >= 4 is 11.9 Å². The Morgan fingerprint density at radius 1 is 1.29 bits per heavy atom. The molecule has 0 aromatic heterocycles. The first-order chi connectivity index (χ1) is 13.5. The summed E-state index contributed by atoms with van der Waals surface area (Å²) in [7, 11) is 1.71. The van der Waals surface area contributed by atoms with E-state index in [2.05, 4.69) is 26.0 Å². The Balaban J connectivity index is 1.90. The molecular weight excluding hydrogens is 348 g/mol. The smallest absolute Gasteiger partial charge is 0.130 e. The third kappa shape index (κ3) is 2.77. The molecule has 1 aromatic rings. The molecule has 3 aliphatic carbocycles. The summed E-state index contributed by atoms with van der Waals surface area (Å²) in [6.45, 7) is 4.47. The van der Waals surface area contributed by atoms with Gasteiger partial charge in [-0.1, -0.05) is 38.3 Å². The lowest BCUT2D eigenvalue weighted by atomic mass is 9.50. The molecule has 0 saturated heterocycles. The molecule has 152 valence electrons. The van der Waals surface area contributed by atoms with E-state index in [1.807, 2.05) is 6.07 Å². The number of rotatable bonds is 6. The van der Waals surface area contributed by atoms with Gasteiger partial charge in [0.05, 0.1) is 18.6 Å². The summed E-state index contributed by atoms with van der Waals surface area (Å²) in [6, 6.07) is 6.36. The molecule has 0 spiro atoms. The van der Waals surface area contributed by atoms with Gasteiger partial charge in [-0.2, -0.15) is 0 Å². The normalized spacial score (nSPS) is 33.9. The molecule has 1 saturated carbocycles. The summed E-state index contributed by atoms with van der Waals surface area (Å²) < 4.78 is 5.45. The molecule has 3 nitrogen and oxygen atoms in total. The average Bonchev–Trinajstić information content (AvgIpc) is 3.02. The molecule has 1 fully saturated rings. The van der Waals surface area contributed by atoms with Crippen LogP contribution in [0.3, 0.4) is 0 Å². The number of carbonyl (C=O) groups is 1. The van der Waals surface area contributed by atoms with Gasteiger partial charge in [0.2, 0.25) is 0 Å². The van der Waals surface area contributed by atoms with E-state index in [1.54, 1.807) is 7.11 Å². The minimum atomic E-state index is -0.437. The van der Waals surface area contributed by atoms with Crippen LogP contribution in [0, 0.1) is 16.7 Å². The van der Waals surface area contributed by atoms with E-state index in [9.17, 15) is 9.90 Å². The van der Waals surface area contributed by atoms with Gasteiger partial charge in [-0.25, -0.2) is 0 Å². The standard InChI is InChI=1S/C25H34O3/c1-4-5-6-7-18-15-24(2)21(10-11-22(24)27)25(16-26)13-12-17-14-19(28-3)8-9-20(17)23(18)25/h8-9,14,16,21-22,27H,4-7,10-13,15H2,1-3H3/t21-,22?,24+,25?/m1/s1. The van der Waals surface area contributed by atoms with Crippen LogP contribution in [0.15, 0.2) is 23.8 Å². The van der Waals surface area contributed by atoms with Gasteiger partial charge in [-0.15, -0.1) is 0 Å². The Kier molecular flexibility index (Phi) is 5.16. The molecule has 0 radical (unpaired) electrons. The van der Waals surface area contributed by atoms with Gasteiger partial charge in [-0.3, -0.25) is 0 Å². The highest BCUT2D eigenvalue weighted by molar-refractivity contribution is 5.91. The second kappa shape index (κ2) is 7.33. The first-order valence-electron chi connectivity index (χ1n) is 11.0. The second-order valence-electron chi connectivity index (χ2n) is 9.45. The molecule has 0 amide bonds. The van der Waals surface area contributed by atoms with Gasteiger partial charge < -0.3 is 14.6 Å². The van der Waals surface area contributed by atoms with Crippen LogP contribution in [0.25, 0.3) is 5.57 Å². The number of aliphatic hydroxyl groups is 1. The van der Waals surface area contributed by atoms with E-state index in [4.69, 9.17) is 4.74 Å². The average molecular weight is 383 g/mol. The molecule has 2 unspecified atom stereocenters. The molecule has 28 heavy (non-hydrogen) atoms. The maximum Gasteiger partial charge on any atom is 0.130 e. The lowest BCUT2D eigenvalue weighted by molar-refractivity contribution is -0.120. The summed E-state index contributed by atoms with van der Waals surface area (Å²) in [5.41, 5.74) is 4.69. The Morgan fingerprint density at radius 2 is 2.11 bits per heavy atom. The SMILES string of the molecule is CCCCCC1=C2c3ccc(OC)cc3CCC2(C=O)[C@@H]2CCC(O)[C@@]2(C)C1. The molecule has 1 N–H and O–H groups in total. The van der Waals surface area contributed by atoms with Crippen LogP contribution in [0.1, 0.15) is 76.3 Å². The molecule has 0 aliphatic heterocycles. The van der Waals surface area contributed by atoms with E-state index in [0.717, 1.165) is 50.7 Å². The fourth-order valence-corrected chi connectivity index (χ4v) is 6.59. The summed E-state index contributed by atoms with van der Waals surface area (Å²) in [5, 5.41) is 10.9. The van der Waals surface area contributed by atoms with Gasteiger partial charge in [0.25, 0.3) is 0 Å². The largest absolute Gasteiger partial charge is 0.497 e. The van der Waals surface area contributed by atoms with Gasteiger partial charge in [0, 0.05) is 5.41 Å². The number of aliphatic hydroxyl groups excluding tert-OH is 1. The van der Waals surface area contributed by atoms with Crippen molar-refractivity contribution in [2.45, 2.75) is 77.7 Å². The highest BCUT2D eigenvalue weighted by Crippen LogP contribution is 2.66. The lowest BCUT2D eigenvalue weighted by Crippen LogP contribution is -2.49. The number of hydrogen-bond donors (Lipinski definition) is 1. The molecule has 4 rings (SSSR count). The van der Waals surface area contributed by atoms with Crippen molar-refractivity contribution in [3.63, 3.8) is 0 Å². The number of hydrogen-bond acceptors (Lipinski definition) is 3. The zero-order valence-corrected chi connectivity index (χ0v) is 17.6. The third-order valence-electron chi connectivity index (χ3n) is 8.00. The van der Waals surface area contributed by atoms with Crippen molar-refractivity contribution in [1.29, 1.82) is 0 Å². The molecule has 0 heterocycles. The summed E-state index contributed by atoms with van der Waals surface area (Å²) in [4.78, 5) is 12.8. The molecule has 4 atom stereocenters. The van der Waals surface area contributed by atoms with Crippen molar-refractivity contribution in [2.24, 2.45) is 16.7 Å². The van der Waals surface area contributed by atoms with Crippen LogP contribution in [0.5, 0.6) is 5.75 Å². The number of allylic oxidation sites excluding steroid dienone is 2. The maximum absolute atomic E-state index is 12.8. The van der Waals surface area contributed by atoms with Gasteiger partial charge in [0.15, 0.2) is 0 Å².